The quantitative estimate of drug-likeness (QED) is 0.555. The minimum Gasteiger partial charge on any atom is -0.456 e. The molecule has 0 bridgehead atoms. The topological polar surface area (TPSA) is 101 Å². The summed E-state index contributed by atoms with van der Waals surface area (Å²) in [4.78, 5) is 38.8. The molecule has 8 nitrogen and oxygen atoms in total. The highest BCUT2D eigenvalue weighted by molar-refractivity contribution is 7.99. The van der Waals surface area contributed by atoms with Crippen molar-refractivity contribution in [3.63, 3.8) is 0 Å². The SMILES string of the molecule is CC(=O)O[C@@H]1[C@H](OC(C)=O)[C@H](C)O[C@@H](Sc2ccccn2)[C@H]1OC(C)=O. The van der Waals surface area contributed by atoms with Crippen LogP contribution in [0.15, 0.2) is 29.4 Å². The molecule has 0 amide bonds. The predicted molar refractivity (Wildman–Crippen MR) is 91.1 cm³/mol. The van der Waals surface area contributed by atoms with E-state index in [1.54, 1.807) is 25.3 Å². The Morgan fingerprint density at radius 1 is 0.962 bits per heavy atom. The summed E-state index contributed by atoms with van der Waals surface area (Å²) in [5.41, 5.74) is -0.694. The molecule has 1 aliphatic heterocycles. The molecule has 0 N–H and O–H groups in total. The van der Waals surface area contributed by atoms with Gasteiger partial charge in [0.1, 0.15) is 5.44 Å². The molecule has 0 saturated carbocycles. The Labute approximate surface area is 155 Å². The van der Waals surface area contributed by atoms with E-state index in [0.29, 0.717) is 5.03 Å². The first kappa shape index (κ1) is 20.2. The third-order valence-corrected chi connectivity index (χ3v) is 4.60. The monoisotopic (exact) mass is 383 g/mol. The van der Waals surface area contributed by atoms with Crippen LogP contribution in [-0.4, -0.2) is 52.7 Å². The van der Waals surface area contributed by atoms with Gasteiger partial charge in [0.25, 0.3) is 0 Å². The van der Waals surface area contributed by atoms with Gasteiger partial charge in [-0.25, -0.2) is 4.98 Å². The molecule has 1 fully saturated rings. The Morgan fingerprint density at radius 2 is 1.54 bits per heavy atom. The lowest BCUT2D eigenvalue weighted by Gasteiger charge is -2.43. The lowest BCUT2D eigenvalue weighted by Crippen LogP contribution is -2.59. The number of aromatic nitrogens is 1. The highest BCUT2D eigenvalue weighted by Gasteiger charge is 2.50. The van der Waals surface area contributed by atoms with E-state index in [1.165, 1.54) is 32.5 Å². The molecule has 0 unspecified atom stereocenters. The van der Waals surface area contributed by atoms with E-state index in [2.05, 4.69) is 4.98 Å². The van der Waals surface area contributed by atoms with Crippen molar-refractivity contribution in [2.24, 2.45) is 0 Å². The summed E-state index contributed by atoms with van der Waals surface area (Å²) in [6, 6.07) is 5.37. The molecule has 0 spiro atoms. The van der Waals surface area contributed by atoms with Gasteiger partial charge in [0.2, 0.25) is 0 Å². The van der Waals surface area contributed by atoms with Crippen LogP contribution in [0.25, 0.3) is 0 Å². The van der Waals surface area contributed by atoms with Crippen molar-refractivity contribution >= 4 is 29.7 Å². The first-order valence-corrected chi connectivity index (χ1v) is 8.90. The van der Waals surface area contributed by atoms with Gasteiger partial charge in [-0.15, -0.1) is 0 Å². The van der Waals surface area contributed by atoms with Gasteiger partial charge in [0, 0.05) is 27.0 Å². The highest BCUT2D eigenvalue weighted by Crippen LogP contribution is 2.36. The summed E-state index contributed by atoms with van der Waals surface area (Å²) in [6.45, 7) is 5.41. The number of rotatable bonds is 5. The molecule has 1 aliphatic rings. The van der Waals surface area contributed by atoms with Crippen LogP contribution in [0.1, 0.15) is 27.7 Å². The maximum Gasteiger partial charge on any atom is 0.303 e. The van der Waals surface area contributed by atoms with Crippen molar-refractivity contribution in [1.29, 1.82) is 0 Å². The average molecular weight is 383 g/mol. The Kier molecular flexibility index (Phi) is 6.98. The van der Waals surface area contributed by atoms with Crippen molar-refractivity contribution in [2.45, 2.75) is 62.6 Å². The van der Waals surface area contributed by atoms with Gasteiger partial charge < -0.3 is 18.9 Å². The maximum absolute atomic E-state index is 11.6. The normalized spacial score (nSPS) is 28.1. The molecule has 1 saturated heterocycles. The molecule has 2 heterocycles. The Morgan fingerprint density at radius 3 is 2.08 bits per heavy atom. The van der Waals surface area contributed by atoms with Gasteiger partial charge in [-0.3, -0.25) is 14.4 Å². The van der Waals surface area contributed by atoms with E-state index < -0.39 is 47.8 Å². The molecule has 0 aromatic carbocycles. The second-order valence-electron chi connectivity index (χ2n) is 5.72. The lowest BCUT2D eigenvalue weighted by molar-refractivity contribution is -0.229. The molecule has 5 atom stereocenters. The second-order valence-corrected chi connectivity index (χ2v) is 6.84. The number of pyridine rings is 1. The van der Waals surface area contributed by atoms with E-state index >= 15 is 0 Å². The number of carbonyl (C=O) groups is 3. The van der Waals surface area contributed by atoms with Gasteiger partial charge in [0.05, 0.1) is 11.1 Å². The van der Waals surface area contributed by atoms with E-state index in [1.807, 2.05) is 6.07 Å². The fourth-order valence-electron chi connectivity index (χ4n) is 2.60. The fraction of sp³-hybridized carbons (Fsp3) is 0.529. The number of carbonyl (C=O) groups excluding carboxylic acids is 3. The first-order valence-electron chi connectivity index (χ1n) is 8.02. The summed E-state index contributed by atoms with van der Waals surface area (Å²) in [5.74, 6) is -1.71. The highest BCUT2D eigenvalue weighted by atomic mass is 32.2. The van der Waals surface area contributed by atoms with Crippen LogP contribution >= 0.6 is 11.8 Å². The second kappa shape index (κ2) is 9.00. The first-order chi connectivity index (χ1) is 12.3. The lowest BCUT2D eigenvalue weighted by atomic mass is 10.00. The summed E-state index contributed by atoms with van der Waals surface area (Å²) in [7, 11) is 0. The number of esters is 3. The van der Waals surface area contributed by atoms with Gasteiger partial charge >= 0.3 is 17.9 Å². The van der Waals surface area contributed by atoms with Crippen molar-refractivity contribution < 1.29 is 33.3 Å². The third kappa shape index (κ3) is 5.43. The van der Waals surface area contributed by atoms with E-state index in [9.17, 15) is 14.4 Å². The Balaban J connectivity index is 2.33. The van der Waals surface area contributed by atoms with E-state index in [-0.39, 0.29) is 0 Å². The molecule has 26 heavy (non-hydrogen) atoms. The van der Waals surface area contributed by atoms with Crippen LogP contribution in [-0.2, 0) is 33.3 Å². The van der Waals surface area contributed by atoms with E-state index in [0.717, 1.165) is 0 Å². The summed E-state index contributed by atoms with van der Waals surface area (Å²) >= 11 is 1.23. The van der Waals surface area contributed by atoms with Gasteiger partial charge in [0.15, 0.2) is 18.3 Å². The number of hydrogen-bond donors (Lipinski definition) is 0. The third-order valence-electron chi connectivity index (χ3n) is 3.51. The van der Waals surface area contributed by atoms with Crippen LogP contribution in [0.2, 0.25) is 0 Å². The number of thioether (sulfide) groups is 1. The Bertz CT molecular complexity index is 654. The van der Waals surface area contributed by atoms with Crippen LogP contribution in [0.4, 0.5) is 0 Å². The largest absolute Gasteiger partial charge is 0.456 e. The molecular weight excluding hydrogens is 362 g/mol. The van der Waals surface area contributed by atoms with Crippen LogP contribution in [0.5, 0.6) is 0 Å². The zero-order valence-corrected chi connectivity index (χ0v) is 15.7. The standard InChI is InChI=1S/C17H21NO7S/c1-9-14(23-10(2)19)15(24-11(3)20)16(25-12(4)21)17(22-9)26-13-7-5-6-8-18-13/h5-9,14-17H,1-4H3/t9-,14+,15+,16-,17-/m0/s1. The Hall–Kier alpha value is -2.13. The van der Waals surface area contributed by atoms with Gasteiger partial charge in [-0.05, 0) is 19.1 Å². The van der Waals surface area contributed by atoms with Crippen molar-refractivity contribution in [3.05, 3.63) is 24.4 Å². The molecule has 0 radical (unpaired) electrons. The zero-order chi connectivity index (χ0) is 19.3. The summed E-state index contributed by atoms with van der Waals surface area (Å²) in [6.07, 6.45) is -1.83. The molecule has 142 valence electrons. The summed E-state index contributed by atoms with van der Waals surface area (Å²) < 4.78 is 21.9. The molecule has 1 aromatic rings. The van der Waals surface area contributed by atoms with E-state index in [4.69, 9.17) is 18.9 Å². The smallest absolute Gasteiger partial charge is 0.303 e. The maximum atomic E-state index is 11.6. The molecular formula is C17H21NO7S. The minimum atomic E-state index is -0.995. The number of nitrogens with zero attached hydrogens (tertiary/aromatic N) is 1. The summed E-state index contributed by atoms with van der Waals surface area (Å²) in [5, 5.41) is 0.648. The van der Waals surface area contributed by atoms with Gasteiger partial charge in [-0.1, -0.05) is 17.8 Å². The predicted octanol–water partition coefficient (Wildman–Crippen LogP) is 1.71. The van der Waals surface area contributed by atoms with Crippen LogP contribution in [0.3, 0.4) is 0 Å². The van der Waals surface area contributed by atoms with Crippen LogP contribution in [0, 0.1) is 0 Å². The van der Waals surface area contributed by atoms with Crippen molar-refractivity contribution in [1.82, 2.24) is 4.98 Å². The molecule has 0 aliphatic carbocycles. The van der Waals surface area contributed by atoms with Gasteiger partial charge in [-0.2, -0.15) is 0 Å². The molecule has 2 rings (SSSR count). The molecule has 9 heteroatoms. The van der Waals surface area contributed by atoms with Crippen molar-refractivity contribution in [2.75, 3.05) is 0 Å². The average Bonchev–Trinajstić information content (AvgIpc) is 2.54. The number of ether oxygens (including phenoxy) is 4. The fourth-order valence-corrected chi connectivity index (χ4v) is 3.69. The zero-order valence-electron chi connectivity index (χ0n) is 14.9. The van der Waals surface area contributed by atoms with Crippen LogP contribution < -0.4 is 0 Å². The minimum absolute atomic E-state index is 0.556. The van der Waals surface area contributed by atoms with Crippen molar-refractivity contribution in [3.8, 4) is 0 Å². The number of hydrogen-bond acceptors (Lipinski definition) is 9. The molecule has 1 aromatic heterocycles.